The van der Waals surface area contributed by atoms with Gasteiger partial charge in [0.25, 0.3) is 10.1 Å². The fourth-order valence-electron chi connectivity index (χ4n) is 1.75. The quantitative estimate of drug-likeness (QED) is 0.515. The number of benzene rings is 1. The Bertz CT molecular complexity index is 936. The van der Waals surface area contributed by atoms with E-state index in [4.69, 9.17) is 9.66 Å². The average molecular weight is 355 g/mol. The van der Waals surface area contributed by atoms with E-state index in [0.29, 0.717) is 35.3 Å². The van der Waals surface area contributed by atoms with Crippen LogP contribution in [0.15, 0.2) is 30.9 Å². The van der Waals surface area contributed by atoms with Crippen molar-refractivity contribution in [2.75, 3.05) is 11.6 Å². The summed E-state index contributed by atoms with van der Waals surface area (Å²) in [7, 11) is -3.67. The van der Waals surface area contributed by atoms with E-state index in [-0.39, 0.29) is 5.75 Å². The molecule has 24 heavy (non-hydrogen) atoms. The zero-order valence-electron chi connectivity index (χ0n) is 12.4. The number of nitrogens with one attached hydrogen (secondary N) is 2. The largest absolute Gasteiger partial charge is 0.505 e. The number of aromatic nitrogens is 4. The molecule has 0 spiro atoms. The molecular weight excluding hydrogens is 341 g/mol. The number of nitrogens with zero attached hydrogens (tertiary/aromatic N) is 3. The number of phenols is 1. The summed E-state index contributed by atoms with van der Waals surface area (Å²) >= 11 is 0. The van der Waals surface area contributed by atoms with Gasteiger partial charge in [0, 0.05) is 6.54 Å². The van der Waals surface area contributed by atoms with Crippen molar-refractivity contribution in [3.8, 4) is 5.75 Å². The third-order valence-corrected chi connectivity index (χ3v) is 2.70. The van der Waals surface area contributed by atoms with E-state index in [1.807, 2.05) is 0 Å². The number of aromatic hydroxyl groups is 1. The summed E-state index contributed by atoms with van der Waals surface area (Å²) in [5, 5.41) is 12.2. The zero-order chi connectivity index (χ0) is 17.7. The number of imidazole rings is 1. The number of halogens is 1. The van der Waals surface area contributed by atoms with Gasteiger partial charge in [-0.3, -0.25) is 4.55 Å². The van der Waals surface area contributed by atoms with E-state index in [1.54, 1.807) is 6.07 Å². The number of fused-ring (bicyclic) bond motifs is 1. The van der Waals surface area contributed by atoms with E-state index in [2.05, 4.69) is 25.3 Å². The Morgan fingerprint density at radius 2 is 2.00 bits per heavy atom. The van der Waals surface area contributed by atoms with Gasteiger partial charge in [-0.1, -0.05) is 6.07 Å². The Balaban J connectivity index is 0.000000368. The predicted octanol–water partition coefficient (Wildman–Crippen LogP) is 1.31. The molecule has 128 valence electrons. The fourth-order valence-corrected chi connectivity index (χ4v) is 1.75. The fraction of sp³-hybridized carbons (Fsp3) is 0.154. The maximum atomic E-state index is 13.2. The smallest absolute Gasteiger partial charge is 0.261 e. The molecule has 0 saturated carbocycles. The van der Waals surface area contributed by atoms with Gasteiger partial charge >= 0.3 is 0 Å². The molecule has 2 heterocycles. The van der Waals surface area contributed by atoms with Crippen LogP contribution in [-0.2, 0) is 16.7 Å². The maximum absolute atomic E-state index is 13.2. The summed E-state index contributed by atoms with van der Waals surface area (Å²) in [6.07, 6.45) is 3.65. The van der Waals surface area contributed by atoms with Gasteiger partial charge in [-0.25, -0.2) is 19.3 Å². The highest BCUT2D eigenvalue weighted by atomic mass is 32.2. The van der Waals surface area contributed by atoms with E-state index in [9.17, 15) is 12.8 Å². The number of anilines is 1. The van der Waals surface area contributed by atoms with Gasteiger partial charge in [0.15, 0.2) is 23.0 Å². The van der Waals surface area contributed by atoms with Crippen molar-refractivity contribution in [2.24, 2.45) is 0 Å². The Morgan fingerprint density at radius 1 is 1.29 bits per heavy atom. The molecule has 0 unspecified atom stereocenters. The second-order valence-electron chi connectivity index (χ2n) is 4.70. The number of hydrogen-bond acceptors (Lipinski definition) is 7. The van der Waals surface area contributed by atoms with Crippen molar-refractivity contribution in [3.05, 3.63) is 42.2 Å². The van der Waals surface area contributed by atoms with E-state index in [0.717, 1.165) is 0 Å². The predicted molar refractivity (Wildman–Crippen MR) is 84.5 cm³/mol. The van der Waals surface area contributed by atoms with Crippen molar-refractivity contribution in [3.63, 3.8) is 0 Å². The summed E-state index contributed by atoms with van der Waals surface area (Å²) in [6.45, 7) is 0.377. The zero-order valence-corrected chi connectivity index (χ0v) is 13.2. The van der Waals surface area contributed by atoms with Crippen LogP contribution in [0.2, 0.25) is 0 Å². The molecule has 3 rings (SSSR count). The molecule has 0 radical (unpaired) electrons. The molecule has 0 atom stereocenters. The lowest BCUT2D eigenvalue weighted by molar-refractivity contribution is 0.432. The second-order valence-corrected chi connectivity index (χ2v) is 6.16. The van der Waals surface area contributed by atoms with Crippen LogP contribution in [0.1, 0.15) is 5.56 Å². The highest BCUT2D eigenvalue weighted by molar-refractivity contribution is 7.85. The Hall–Kier alpha value is -2.79. The first-order valence-corrected chi connectivity index (χ1v) is 8.36. The summed E-state index contributed by atoms with van der Waals surface area (Å²) in [5.74, 6) is -0.411. The Kier molecular flexibility index (Phi) is 5.26. The van der Waals surface area contributed by atoms with Crippen molar-refractivity contribution in [1.29, 1.82) is 0 Å². The second kappa shape index (κ2) is 7.19. The minimum Gasteiger partial charge on any atom is -0.505 e. The first-order valence-electron chi connectivity index (χ1n) is 6.52. The van der Waals surface area contributed by atoms with E-state index < -0.39 is 15.9 Å². The lowest BCUT2D eigenvalue weighted by Gasteiger charge is -2.06. The SMILES string of the molecule is CS(=O)(=O)O.Oc1ccc(CNc2ncnc3nc[nH]c23)cc1F. The lowest BCUT2D eigenvalue weighted by atomic mass is 10.2. The number of rotatable bonds is 3. The van der Waals surface area contributed by atoms with Crippen molar-refractivity contribution in [1.82, 2.24) is 19.9 Å². The molecule has 0 saturated heterocycles. The van der Waals surface area contributed by atoms with Crippen LogP contribution in [-0.4, -0.2) is 44.3 Å². The van der Waals surface area contributed by atoms with Crippen LogP contribution in [0, 0.1) is 5.82 Å². The van der Waals surface area contributed by atoms with Gasteiger partial charge in [0.05, 0.1) is 12.6 Å². The average Bonchev–Trinajstić information content (AvgIpc) is 2.96. The molecule has 0 aliphatic carbocycles. The van der Waals surface area contributed by atoms with Crippen molar-refractivity contribution in [2.45, 2.75) is 6.54 Å². The molecular formula is C13H14FN5O4S. The number of phenolic OH excluding ortho intramolecular Hbond substituents is 1. The standard InChI is InChI=1S/C12H10FN5O.CH4O3S/c13-8-3-7(1-2-9(8)19)4-14-11-10-12(16-5-15-10)18-6-17-11;1-5(2,3)4/h1-3,5-6,19H,4H2,(H2,14,15,16,17,18);1H3,(H,2,3,4). The normalized spacial score (nSPS) is 11.0. The summed E-state index contributed by atoms with van der Waals surface area (Å²) in [6, 6.07) is 4.22. The molecule has 4 N–H and O–H groups in total. The first-order chi connectivity index (χ1) is 11.2. The van der Waals surface area contributed by atoms with Crippen LogP contribution < -0.4 is 5.32 Å². The number of hydrogen-bond donors (Lipinski definition) is 4. The van der Waals surface area contributed by atoms with Crippen LogP contribution >= 0.6 is 0 Å². The topological polar surface area (TPSA) is 141 Å². The Labute approximate surface area is 136 Å². The molecule has 3 aromatic rings. The van der Waals surface area contributed by atoms with Gasteiger partial charge in [-0.05, 0) is 17.7 Å². The Morgan fingerprint density at radius 3 is 2.67 bits per heavy atom. The van der Waals surface area contributed by atoms with E-state index in [1.165, 1.54) is 24.8 Å². The van der Waals surface area contributed by atoms with Gasteiger partial charge in [-0.15, -0.1) is 0 Å². The highest BCUT2D eigenvalue weighted by Gasteiger charge is 2.06. The molecule has 11 heteroatoms. The van der Waals surface area contributed by atoms with Crippen LogP contribution in [0.25, 0.3) is 11.2 Å². The van der Waals surface area contributed by atoms with Crippen molar-refractivity contribution < 1.29 is 22.5 Å². The van der Waals surface area contributed by atoms with Crippen LogP contribution in [0.5, 0.6) is 5.75 Å². The monoisotopic (exact) mass is 355 g/mol. The van der Waals surface area contributed by atoms with Gasteiger partial charge in [0.2, 0.25) is 0 Å². The number of H-pyrrole nitrogens is 1. The molecule has 0 aliphatic rings. The first kappa shape index (κ1) is 17.6. The molecule has 1 aromatic carbocycles. The summed E-state index contributed by atoms with van der Waals surface area (Å²) < 4.78 is 39.1. The van der Waals surface area contributed by atoms with Crippen molar-refractivity contribution >= 4 is 27.1 Å². The minimum atomic E-state index is -3.67. The van der Waals surface area contributed by atoms with E-state index >= 15 is 0 Å². The molecule has 0 bridgehead atoms. The third-order valence-electron chi connectivity index (χ3n) is 2.70. The number of aromatic amines is 1. The molecule has 9 nitrogen and oxygen atoms in total. The highest BCUT2D eigenvalue weighted by Crippen LogP contribution is 2.18. The molecule has 2 aromatic heterocycles. The molecule has 0 aliphatic heterocycles. The maximum Gasteiger partial charge on any atom is 0.261 e. The molecule has 0 amide bonds. The van der Waals surface area contributed by atoms with Gasteiger partial charge in [0.1, 0.15) is 11.8 Å². The summed E-state index contributed by atoms with van der Waals surface area (Å²) in [5.41, 5.74) is 1.96. The summed E-state index contributed by atoms with van der Waals surface area (Å²) in [4.78, 5) is 15.0. The van der Waals surface area contributed by atoms with Gasteiger partial charge in [-0.2, -0.15) is 8.42 Å². The van der Waals surface area contributed by atoms with Crippen LogP contribution in [0.3, 0.4) is 0 Å². The lowest BCUT2D eigenvalue weighted by Crippen LogP contribution is -2.02. The van der Waals surface area contributed by atoms with Crippen LogP contribution in [0.4, 0.5) is 10.2 Å². The van der Waals surface area contributed by atoms with Gasteiger partial charge < -0.3 is 15.4 Å². The third kappa shape index (κ3) is 5.14. The molecule has 0 fully saturated rings. The minimum absolute atomic E-state index is 0.359.